The lowest BCUT2D eigenvalue weighted by atomic mass is 9.94. The van der Waals surface area contributed by atoms with E-state index < -0.39 is 0 Å². The fraction of sp³-hybridized carbons (Fsp3) is 0.611. The molecule has 2 aliphatic rings. The first kappa shape index (κ1) is 16.7. The molecule has 3 rings (SSSR count). The Bertz CT molecular complexity index is 536. The lowest BCUT2D eigenvalue weighted by Gasteiger charge is -2.42. The molecule has 1 atom stereocenters. The fourth-order valence-corrected chi connectivity index (χ4v) is 3.96. The summed E-state index contributed by atoms with van der Waals surface area (Å²) < 4.78 is 0. The molecule has 1 aliphatic carbocycles. The Balaban J connectivity index is 1.71. The SMILES string of the molecule is CN(C(=O)c1ccc(Cl)cc1)[C@@H](CN1CC(O)C1)C1CCCC1. The Hall–Kier alpha value is -1.10. The van der Waals surface area contributed by atoms with Gasteiger partial charge in [-0.05, 0) is 43.0 Å². The van der Waals surface area contributed by atoms with E-state index in [1.807, 2.05) is 11.9 Å². The molecule has 0 bridgehead atoms. The molecular weight excluding hydrogens is 312 g/mol. The van der Waals surface area contributed by atoms with Gasteiger partial charge < -0.3 is 10.0 Å². The molecule has 1 saturated heterocycles. The molecule has 0 aromatic heterocycles. The van der Waals surface area contributed by atoms with Crippen LogP contribution in [-0.4, -0.2) is 59.6 Å². The molecule has 0 spiro atoms. The molecule has 0 radical (unpaired) electrons. The van der Waals surface area contributed by atoms with E-state index in [2.05, 4.69) is 4.90 Å². The van der Waals surface area contributed by atoms with E-state index in [1.165, 1.54) is 25.7 Å². The maximum Gasteiger partial charge on any atom is 0.253 e. The van der Waals surface area contributed by atoms with Gasteiger partial charge in [-0.15, -0.1) is 0 Å². The minimum Gasteiger partial charge on any atom is -0.390 e. The summed E-state index contributed by atoms with van der Waals surface area (Å²) in [5.41, 5.74) is 0.684. The van der Waals surface area contributed by atoms with E-state index in [1.54, 1.807) is 24.3 Å². The summed E-state index contributed by atoms with van der Waals surface area (Å²) in [6.45, 7) is 2.32. The first-order chi connectivity index (χ1) is 11.0. The third kappa shape index (κ3) is 3.87. The number of likely N-dealkylation sites (N-methyl/N-ethyl adjacent to an activating group) is 1. The van der Waals surface area contributed by atoms with Crippen LogP contribution >= 0.6 is 11.6 Å². The number of carbonyl (C=O) groups excluding carboxylic acids is 1. The van der Waals surface area contributed by atoms with Crippen LogP contribution in [0.3, 0.4) is 0 Å². The number of rotatable bonds is 5. The highest BCUT2D eigenvalue weighted by Crippen LogP contribution is 2.31. The first-order valence-electron chi connectivity index (χ1n) is 8.47. The number of amides is 1. The van der Waals surface area contributed by atoms with E-state index in [4.69, 9.17) is 11.6 Å². The summed E-state index contributed by atoms with van der Waals surface area (Å²) in [6.07, 6.45) is 4.70. The summed E-state index contributed by atoms with van der Waals surface area (Å²) in [5, 5.41) is 10.2. The minimum absolute atomic E-state index is 0.0552. The molecule has 126 valence electrons. The molecular formula is C18H25ClN2O2. The molecule has 1 N–H and O–H groups in total. The van der Waals surface area contributed by atoms with Gasteiger partial charge in [-0.3, -0.25) is 9.69 Å². The van der Waals surface area contributed by atoms with E-state index in [0.29, 0.717) is 16.5 Å². The Morgan fingerprint density at radius 3 is 2.48 bits per heavy atom. The average molecular weight is 337 g/mol. The summed E-state index contributed by atoms with van der Waals surface area (Å²) in [4.78, 5) is 17.0. The highest BCUT2D eigenvalue weighted by molar-refractivity contribution is 6.30. The fourth-order valence-electron chi connectivity index (χ4n) is 3.83. The van der Waals surface area contributed by atoms with Crippen LogP contribution in [0, 0.1) is 5.92 Å². The van der Waals surface area contributed by atoms with Crippen LogP contribution in [0.25, 0.3) is 0 Å². The molecule has 2 fully saturated rings. The van der Waals surface area contributed by atoms with E-state index >= 15 is 0 Å². The number of halogens is 1. The van der Waals surface area contributed by atoms with Crippen LogP contribution in [-0.2, 0) is 0 Å². The normalized spacial score (nSPS) is 21.2. The number of β-amino-alcohol motifs (C(OH)–C–C–N with tert-alkyl or cyclic N) is 1. The van der Waals surface area contributed by atoms with Crippen LogP contribution in [0.2, 0.25) is 5.02 Å². The van der Waals surface area contributed by atoms with Gasteiger partial charge in [0.05, 0.1) is 6.10 Å². The second kappa shape index (κ2) is 7.20. The van der Waals surface area contributed by atoms with Gasteiger partial charge in [0.2, 0.25) is 0 Å². The number of aliphatic hydroxyl groups is 1. The molecule has 1 heterocycles. The van der Waals surface area contributed by atoms with Crippen molar-refractivity contribution in [2.24, 2.45) is 5.92 Å². The zero-order valence-electron chi connectivity index (χ0n) is 13.6. The second-order valence-electron chi connectivity index (χ2n) is 6.91. The number of hydrogen-bond donors (Lipinski definition) is 1. The quantitative estimate of drug-likeness (QED) is 0.899. The summed E-state index contributed by atoms with van der Waals surface area (Å²) in [5.74, 6) is 0.619. The summed E-state index contributed by atoms with van der Waals surface area (Å²) in [7, 11) is 1.91. The molecule has 1 aliphatic heterocycles. The lowest BCUT2D eigenvalue weighted by Crippen LogP contribution is -2.57. The van der Waals surface area contributed by atoms with Crippen LogP contribution < -0.4 is 0 Å². The first-order valence-corrected chi connectivity index (χ1v) is 8.85. The predicted octanol–water partition coefficient (Wildman–Crippen LogP) is 2.65. The Labute approximate surface area is 143 Å². The molecule has 1 aromatic rings. The lowest BCUT2D eigenvalue weighted by molar-refractivity contribution is -0.0166. The smallest absolute Gasteiger partial charge is 0.253 e. The summed E-state index contributed by atoms with van der Waals surface area (Å²) in [6, 6.07) is 7.33. The van der Waals surface area contributed by atoms with Crippen LogP contribution in [0.4, 0.5) is 0 Å². The minimum atomic E-state index is -0.198. The molecule has 5 heteroatoms. The molecule has 1 aromatic carbocycles. The molecule has 1 amide bonds. The van der Waals surface area contributed by atoms with Crippen molar-refractivity contribution in [1.29, 1.82) is 0 Å². The monoisotopic (exact) mass is 336 g/mol. The van der Waals surface area contributed by atoms with Crippen LogP contribution in [0.15, 0.2) is 24.3 Å². The molecule has 23 heavy (non-hydrogen) atoms. The van der Waals surface area contributed by atoms with Gasteiger partial charge in [-0.2, -0.15) is 0 Å². The van der Waals surface area contributed by atoms with E-state index in [-0.39, 0.29) is 18.1 Å². The predicted molar refractivity (Wildman–Crippen MR) is 91.7 cm³/mol. The van der Waals surface area contributed by atoms with Gasteiger partial charge in [0.25, 0.3) is 5.91 Å². The maximum atomic E-state index is 12.8. The second-order valence-corrected chi connectivity index (χ2v) is 7.34. The third-order valence-electron chi connectivity index (χ3n) is 5.24. The van der Waals surface area contributed by atoms with Crippen molar-refractivity contribution in [2.45, 2.75) is 37.8 Å². The topological polar surface area (TPSA) is 43.8 Å². The zero-order valence-corrected chi connectivity index (χ0v) is 14.4. The Morgan fingerprint density at radius 1 is 1.30 bits per heavy atom. The number of carbonyl (C=O) groups is 1. The average Bonchev–Trinajstić information content (AvgIpc) is 3.04. The van der Waals surface area contributed by atoms with Gasteiger partial charge in [-0.1, -0.05) is 24.4 Å². The molecule has 0 unspecified atom stereocenters. The van der Waals surface area contributed by atoms with Crippen molar-refractivity contribution in [3.8, 4) is 0 Å². The Morgan fingerprint density at radius 2 is 1.91 bits per heavy atom. The van der Waals surface area contributed by atoms with E-state index in [9.17, 15) is 9.90 Å². The number of hydrogen-bond acceptors (Lipinski definition) is 3. The van der Waals surface area contributed by atoms with Crippen molar-refractivity contribution in [1.82, 2.24) is 9.80 Å². The van der Waals surface area contributed by atoms with Gasteiger partial charge in [0.15, 0.2) is 0 Å². The van der Waals surface area contributed by atoms with E-state index in [0.717, 1.165) is 19.6 Å². The van der Waals surface area contributed by atoms with Crippen molar-refractivity contribution in [3.05, 3.63) is 34.9 Å². The number of benzene rings is 1. The van der Waals surface area contributed by atoms with Crippen LogP contribution in [0.1, 0.15) is 36.0 Å². The standard InChI is InChI=1S/C18H25ClN2O2/c1-20(18(23)14-6-8-15(19)9-7-14)17(13-4-2-3-5-13)12-21-10-16(22)11-21/h6-9,13,16-17,22H,2-5,10-12H2,1H3/t17-/m0/s1. The van der Waals surface area contributed by atoms with Crippen molar-refractivity contribution in [2.75, 3.05) is 26.7 Å². The highest BCUT2D eigenvalue weighted by Gasteiger charge is 2.35. The van der Waals surface area contributed by atoms with Gasteiger partial charge >= 0.3 is 0 Å². The third-order valence-corrected chi connectivity index (χ3v) is 5.49. The molecule has 1 saturated carbocycles. The number of aliphatic hydroxyl groups excluding tert-OH is 1. The van der Waals surface area contributed by atoms with Crippen molar-refractivity contribution < 1.29 is 9.90 Å². The number of nitrogens with zero attached hydrogens (tertiary/aromatic N) is 2. The van der Waals surface area contributed by atoms with Crippen molar-refractivity contribution >= 4 is 17.5 Å². The van der Waals surface area contributed by atoms with Gasteiger partial charge in [0.1, 0.15) is 0 Å². The van der Waals surface area contributed by atoms with Crippen LogP contribution in [0.5, 0.6) is 0 Å². The maximum absolute atomic E-state index is 12.8. The number of likely N-dealkylation sites (tertiary alicyclic amines) is 1. The molecule has 4 nitrogen and oxygen atoms in total. The Kier molecular flexibility index (Phi) is 5.24. The largest absolute Gasteiger partial charge is 0.390 e. The highest BCUT2D eigenvalue weighted by atomic mass is 35.5. The van der Waals surface area contributed by atoms with Gasteiger partial charge in [-0.25, -0.2) is 0 Å². The zero-order chi connectivity index (χ0) is 16.4. The van der Waals surface area contributed by atoms with Gasteiger partial charge in [0, 0.05) is 43.3 Å². The van der Waals surface area contributed by atoms with Crippen molar-refractivity contribution in [3.63, 3.8) is 0 Å². The summed E-state index contributed by atoms with van der Waals surface area (Å²) >= 11 is 5.92.